The molecule has 2 N–H and O–H groups in total. The summed E-state index contributed by atoms with van der Waals surface area (Å²) in [6.45, 7) is 8.26. The molecule has 1 rings (SSSR count). The van der Waals surface area contributed by atoms with E-state index in [9.17, 15) is 0 Å². The van der Waals surface area contributed by atoms with Gasteiger partial charge in [0.25, 0.3) is 0 Å². The van der Waals surface area contributed by atoms with E-state index < -0.39 is 0 Å². The van der Waals surface area contributed by atoms with Gasteiger partial charge in [0, 0.05) is 39.8 Å². The van der Waals surface area contributed by atoms with Gasteiger partial charge in [-0.15, -0.1) is 0 Å². The van der Waals surface area contributed by atoms with Crippen LogP contribution in [-0.4, -0.2) is 67.3 Å². The van der Waals surface area contributed by atoms with Gasteiger partial charge in [-0.1, -0.05) is 19.1 Å². The summed E-state index contributed by atoms with van der Waals surface area (Å²) in [5.74, 6) is 0. The zero-order valence-corrected chi connectivity index (χ0v) is 11.1. The molecule has 1 unspecified atom stereocenters. The molecule has 4 nitrogen and oxygen atoms in total. The van der Waals surface area contributed by atoms with Gasteiger partial charge in [-0.3, -0.25) is 9.80 Å². The monoisotopic (exact) mass is 245 g/mol. The van der Waals surface area contributed by atoms with Crippen molar-refractivity contribution in [2.45, 2.75) is 19.4 Å². The molecular formula is C11H23N3OS. The summed E-state index contributed by atoms with van der Waals surface area (Å²) < 4.78 is 5.08. The molecule has 0 amide bonds. The minimum Gasteiger partial charge on any atom is -0.392 e. The lowest BCUT2D eigenvalue weighted by Gasteiger charge is -2.38. The third kappa shape index (κ3) is 3.97. The second-order valence-electron chi connectivity index (χ2n) is 4.20. The summed E-state index contributed by atoms with van der Waals surface area (Å²) in [4.78, 5) is 5.45. The van der Waals surface area contributed by atoms with Crippen LogP contribution in [0.4, 0.5) is 0 Å². The molecule has 0 radical (unpaired) electrons. The highest BCUT2D eigenvalue weighted by Crippen LogP contribution is 2.09. The van der Waals surface area contributed by atoms with E-state index in [-0.39, 0.29) is 6.04 Å². The number of ether oxygens (including phenoxy) is 1. The average Bonchev–Trinajstić information content (AvgIpc) is 2.28. The minimum atomic E-state index is 0.277. The van der Waals surface area contributed by atoms with Crippen molar-refractivity contribution in [1.82, 2.24) is 9.80 Å². The topological polar surface area (TPSA) is 41.7 Å². The van der Waals surface area contributed by atoms with E-state index in [1.54, 1.807) is 7.11 Å². The van der Waals surface area contributed by atoms with Crippen LogP contribution in [0.25, 0.3) is 0 Å². The highest BCUT2D eigenvalue weighted by atomic mass is 32.1. The quantitative estimate of drug-likeness (QED) is 0.682. The smallest absolute Gasteiger partial charge is 0.0901 e. The van der Waals surface area contributed by atoms with Gasteiger partial charge >= 0.3 is 0 Å². The summed E-state index contributed by atoms with van der Waals surface area (Å²) in [6, 6.07) is 0.277. The zero-order valence-electron chi connectivity index (χ0n) is 10.3. The Morgan fingerprint density at radius 3 is 2.44 bits per heavy atom. The number of hydrogen-bond acceptors (Lipinski definition) is 4. The van der Waals surface area contributed by atoms with Gasteiger partial charge in [0.1, 0.15) is 0 Å². The molecule has 94 valence electrons. The van der Waals surface area contributed by atoms with Crippen molar-refractivity contribution in [2.24, 2.45) is 5.73 Å². The SMILES string of the molecule is CCC(C(N)=S)N1CCN(CCOC)CC1. The minimum absolute atomic E-state index is 0.277. The van der Waals surface area contributed by atoms with Gasteiger partial charge < -0.3 is 10.5 Å². The van der Waals surface area contributed by atoms with E-state index in [1.807, 2.05) is 0 Å². The highest BCUT2D eigenvalue weighted by Gasteiger charge is 2.23. The van der Waals surface area contributed by atoms with Gasteiger partial charge in [0.15, 0.2) is 0 Å². The highest BCUT2D eigenvalue weighted by molar-refractivity contribution is 7.80. The lowest BCUT2D eigenvalue weighted by Crippen LogP contribution is -2.53. The number of rotatable bonds is 6. The van der Waals surface area contributed by atoms with Crippen LogP contribution in [0.3, 0.4) is 0 Å². The van der Waals surface area contributed by atoms with Crippen LogP contribution in [0.5, 0.6) is 0 Å². The second kappa shape index (κ2) is 7.17. The molecule has 0 saturated carbocycles. The van der Waals surface area contributed by atoms with Crippen LogP contribution in [-0.2, 0) is 4.74 Å². The molecule has 5 heteroatoms. The van der Waals surface area contributed by atoms with Crippen LogP contribution in [0.15, 0.2) is 0 Å². The first kappa shape index (κ1) is 13.8. The predicted molar refractivity (Wildman–Crippen MR) is 70.8 cm³/mol. The maximum atomic E-state index is 5.75. The summed E-state index contributed by atoms with van der Waals surface area (Å²) in [5.41, 5.74) is 5.75. The third-order valence-corrected chi connectivity index (χ3v) is 3.45. The first-order valence-corrected chi connectivity index (χ1v) is 6.34. The Bertz CT molecular complexity index is 217. The molecule has 1 aliphatic rings. The van der Waals surface area contributed by atoms with Crippen molar-refractivity contribution in [3.05, 3.63) is 0 Å². The van der Waals surface area contributed by atoms with Crippen molar-refractivity contribution in [1.29, 1.82) is 0 Å². The maximum absolute atomic E-state index is 5.75. The average molecular weight is 245 g/mol. The summed E-state index contributed by atoms with van der Waals surface area (Å²) >= 11 is 5.10. The van der Waals surface area contributed by atoms with Crippen molar-refractivity contribution in [3.63, 3.8) is 0 Å². The van der Waals surface area contributed by atoms with Crippen molar-refractivity contribution < 1.29 is 4.74 Å². The van der Waals surface area contributed by atoms with E-state index >= 15 is 0 Å². The van der Waals surface area contributed by atoms with E-state index in [0.29, 0.717) is 4.99 Å². The molecule has 1 atom stereocenters. The summed E-state index contributed by atoms with van der Waals surface area (Å²) in [7, 11) is 1.75. The lowest BCUT2D eigenvalue weighted by atomic mass is 10.1. The molecule has 0 aromatic rings. The largest absolute Gasteiger partial charge is 0.392 e. The van der Waals surface area contributed by atoms with E-state index in [1.165, 1.54) is 0 Å². The van der Waals surface area contributed by atoms with Crippen LogP contribution in [0, 0.1) is 0 Å². The number of methoxy groups -OCH3 is 1. The van der Waals surface area contributed by atoms with Crippen molar-refractivity contribution in [3.8, 4) is 0 Å². The Kier molecular flexibility index (Phi) is 6.20. The van der Waals surface area contributed by atoms with Crippen LogP contribution in [0.1, 0.15) is 13.3 Å². The fourth-order valence-corrected chi connectivity index (χ4v) is 2.47. The Hall–Kier alpha value is -0.230. The van der Waals surface area contributed by atoms with Crippen molar-refractivity contribution >= 4 is 17.2 Å². The maximum Gasteiger partial charge on any atom is 0.0901 e. The van der Waals surface area contributed by atoms with Gasteiger partial charge in [-0.25, -0.2) is 0 Å². The molecule has 0 aromatic carbocycles. The Labute approximate surface area is 104 Å². The van der Waals surface area contributed by atoms with E-state index in [4.69, 9.17) is 22.7 Å². The predicted octanol–water partition coefficient (Wildman–Crippen LogP) is 0.315. The fourth-order valence-electron chi connectivity index (χ4n) is 2.16. The molecule has 0 bridgehead atoms. The normalized spacial score (nSPS) is 20.9. The third-order valence-electron chi connectivity index (χ3n) is 3.17. The molecule has 1 heterocycles. The standard InChI is InChI=1S/C11H23N3OS/c1-3-10(11(12)16)14-6-4-13(5-7-14)8-9-15-2/h10H,3-9H2,1-2H3,(H2,12,16). The van der Waals surface area contributed by atoms with E-state index in [0.717, 1.165) is 45.8 Å². The molecule has 0 spiro atoms. The molecule has 16 heavy (non-hydrogen) atoms. The molecular weight excluding hydrogens is 222 g/mol. The molecule has 1 fully saturated rings. The fraction of sp³-hybridized carbons (Fsp3) is 0.909. The molecule has 0 aromatic heterocycles. The first-order valence-electron chi connectivity index (χ1n) is 5.93. The number of hydrogen-bond donors (Lipinski definition) is 1. The first-order chi connectivity index (χ1) is 7.69. The number of nitrogens with zero attached hydrogens (tertiary/aromatic N) is 2. The molecule has 1 aliphatic heterocycles. The number of thiocarbonyl (C=S) groups is 1. The van der Waals surface area contributed by atoms with Crippen LogP contribution >= 0.6 is 12.2 Å². The van der Waals surface area contributed by atoms with Crippen molar-refractivity contribution in [2.75, 3.05) is 46.4 Å². The Balaban J connectivity index is 2.33. The number of piperazine rings is 1. The summed E-state index contributed by atoms with van der Waals surface area (Å²) in [6.07, 6.45) is 1.01. The lowest BCUT2D eigenvalue weighted by molar-refractivity contribution is 0.0878. The summed E-state index contributed by atoms with van der Waals surface area (Å²) in [5, 5.41) is 0. The van der Waals surface area contributed by atoms with Gasteiger partial charge in [-0.05, 0) is 6.42 Å². The molecule has 1 saturated heterocycles. The van der Waals surface area contributed by atoms with Gasteiger partial charge in [0.05, 0.1) is 17.6 Å². The Morgan fingerprint density at radius 1 is 1.38 bits per heavy atom. The second-order valence-corrected chi connectivity index (χ2v) is 4.67. The van der Waals surface area contributed by atoms with E-state index in [2.05, 4.69) is 16.7 Å². The Morgan fingerprint density at radius 2 is 2.00 bits per heavy atom. The number of nitrogens with two attached hydrogens (primary N) is 1. The van der Waals surface area contributed by atoms with Gasteiger partial charge in [0.2, 0.25) is 0 Å². The molecule has 0 aliphatic carbocycles. The van der Waals surface area contributed by atoms with Crippen LogP contribution < -0.4 is 5.73 Å². The van der Waals surface area contributed by atoms with Gasteiger partial charge in [-0.2, -0.15) is 0 Å². The zero-order chi connectivity index (χ0) is 12.0. The van der Waals surface area contributed by atoms with Crippen LogP contribution in [0.2, 0.25) is 0 Å².